The minimum Gasteiger partial charge on any atom is -0.378 e. The molecule has 1 aromatic carbocycles. The Bertz CT molecular complexity index is 1420. The third-order valence-electron chi connectivity index (χ3n) is 5.99. The summed E-state index contributed by atoms with van der Waals surface area (Å²) in [6, 6.07) is 16.0. The Hall–Kier alpha value is -4.11. The summed E-state index contributed by atoms with van der Waals surface area (Å²) in [4.78, 5) is 21.3. The average Bonchev–Trinajstić information content (AvgIpc) is 3.55. The first-order valence-electron chi connectivity index (χ1n) is 11.4. The molecule has 0 N–H and O–H groups in total. The molecule has 9 heteroatoms. The first kappa shape index (κ1) is 20.5. The highest BCUT2D eigenvalue weighted by Crippen LogP contribution is 2.30. The maximum atomic E-state index is 5.58. The normalized spacial score (nSPS) is 14.1. The molecular formula is C25H24N8O. The first-order chi connectivity index (χ1) is 16.8. The van der Waals surface area contributed by atoms with Gasteiger partial charge in [0.05, 0.1) is 18.9 Å². The maximum absolute atomic E-state index is 5.58. The molecule has 0 bridgehead atoms. The Morgan fingerprint density at radius 1 is 0.882 bits per heavy atom. The smallest absolute Gasteiger partial charge is 0.254 e. The molecule has 0 amide bonds. The zero-order valence-electron chi connectivity index (χ0n) is 18.9. The van der Waals surface area contributed by atoms with E-state index in [-0.39, 0.29) is 0 Å². The molecule has 0 saturated carbocycles. The van der Waals surface area contributed by atoms with Crippen LogP contribution in [0.5, 0.6) is 0 Å². The van der Waals surface area contributed by atoms with Gasteiger partial charge in [0, 0.05) is 49.4 Å². The third kappa shape index (κ3) is 3.60. The highest BCUT2D eigenvalue weighted by molar-refractivity contribution is 5.87. The van der Waals surface area contributed by atoms with E-state index in [9.17, 15) is 0 Å². The fraction of sp³-hybridized carbons (Fsp3) is 0.240. The Morgan fingerprint density at radius 3 is 2.44 bits per heavy atom. The molecule has 1 aliphatic heterocycles. The van der Waals surface area contributed by atoms with Crippen molar-refractivity contribution in [3.8, 4) is 28.6 Å². The molecule has 1 aliphatic rings. The van der Waals surface area contributed by atoms with Gasteiger partial charge in [-0.3, -0.25) is 4.98 Å². The summed E-state index contributed by atoms with van der Waals surface area (Å²) in [5, 5.41) is 4.77. The van der Waals surface area contributed by atoms with E-state index in [1.165, 1.54) is 0 Å². The molecule has 0 radical (unpaired) electrons. The lowest BCUT2D eigenvalue weighted by molar-refractivity contribution is 0.122. The Balaban J connectivity index is 1.54. The molecule has 1 fully saturated rings. The number of pyridine rings is 1. The average molecular weight is 453 g/mol. The van der Waals surface area contributed by atoms with E-state index in [2.05, 4.69) is 21.4 Å². The van der Waals surface area contributed by atoms with Gasteiger partial charge in [0.2, 0.25) is 0 Å². The third-order valence-corrected chi connectivity index (χ3v) is 5.99. The van der Waals surface area contributed by atoms with Crippen LogP contribution in [0.4, 0.5) is 5.82 Å². The first-order valence-corrected chi connectivity index (χ1v) is 11.4. The fourth-order valence-electron chi connectivity index (χ4n) is 4.29. The number of hydrogen-bond acceptors (Lipinski definition) is 7. The Labute approximate surface area is 196 Å². The lowest BCUT2D eigenvalue weighted by Gasteiger charge is -2.28. The van der Waals surface area contributed by atoms with Crippen LogP contribution < -0.4 is 4.90 Å². The van der Waals surface area contributed by atoms with Gasteiger partial charge in [-0.1, -0.05) is 30.3 Å². The lowest BCUT2D eigenvalue weighted by atomic mass is 10.2. The number of rotatable bonds is 5. The van der Waals surface area contributed by atoms with Gasteiger partial charge in [0.15, 0.2) is 17.0 Å². The van der Waals surface area contributed by atoms with Crippen LogP contribution in [0.25, 0.3) is 39.8 Å². The van der Waals surface area contributed by atoms with E-state index in [4.69, 9.17) is 24.8 Å². The number of hydrogen-bond donors (Lipinski definition) is 0. The molecule has 4 aromatic heterocycles. The molecule has 0 spiro atoms. The largest absolute Gasteiger partial charge is 0.378 e. The Morgan fingerprint density at radius 2 is 1.68 bits per heavy atom. The molecule has 0 atom stereocenters. The van der Waals surface area contributed by atoms with E-state index in [0.717, 1.165) is 59.3 Å². The molecule has 5 aromatic rings. The van der Waals surface area contributed by atoms with Crippen molar-refractivity contribution >= 4 is 17.0 Å². The van der Waals surface area contributed by atoms with Crippen molar-refractivity contribution in [3.05, 3.63) is 67.1 Å². The van der Waals surface area contributed by atoms with Crippen LogP contribution in [0.15, 0.2) is 67.1 Å². The topological polar surface area (TPSA) is 86.8 Å². The Kier molecular flexibility index (Phi) is 5.23. The van der Waals surface area contributed by atoms with Crippen LogP contribution in [0.3, 0.4) is 0 Å². The number of anilines is 1. The van der Waals surface area contributed by atoms with Gasteiger partial charge < -0.3 is 14.2 Å². The number of aromatic nitrogens is 7. The van der Waals surface area contributed by atoms with Crippen molar-refractivity contribution in [2.75, 3.05) is 31.2 Å². The van der Waals surface area contributed by atoms with Gasteiger partial charge in [-0.15, -0.1) is 0 Å². The van der Waals surface area contributed by atoms with Crippen LogP contribution in [0.2, 0.25) is 0 Å². The van der Waals surface area contributed by atoms with Crippen molar-refractivity contribution in [3.63, 3.8) is 0 Å². The zero-order chi connectivity index (χ0) is 22.9. The van der Waals surface area contributed by atoms with Gasteiger partial charge in [-0.2, -0.15) is 15.1 Å². The summed E-state index contributed by atoms with van der Waals surface area (Å²) < 4.78 is 9.45. The molecule has 0 unspecified atom stereocenters. The maximum Gasteiger partial charge on any atom is 0.254 e. The molecule has 0 aliphatic carbocycles. The van der Waals surface area contributed by atoms with Crippen LogP contribution in [0, 0.1) is 0 Å². The summed E-state index contributed by atoms with van der Waals surface area (Å²) in [5.74, 6) is 2.18. The summed E-state index contributed by atoms with van der Waals surface area (Å²) >= 11 is 0. The van der Waals surface area contributed by atoms with E-state index < -0.39 is 0 Å². The summed E-state index contributed by atoms with van der Waals surface area (Å²) in [6.45, 7) is 5.65. The van der Waals surface area contributed by atoms with Gasteiger partial charge in [0.1, 0.15) is 5.82 Å². The molecule has 1 saturated heterocycles. The van der Waals surface area contributed by atoms with Crippen LogP contribution >= 0.6 is 0 Å². The fourth-order valence-corrected chi connectivity index (χ4v) is 4.29. The van der Waals surface area contributed by atoms with Gasteiger partial charge in [-0.25, -0.2) is 9.67 Å². The molecule has 9 nitrogen and oxygen atoms in total. The van der Waals surface area contributed by atoms with E-state index in [1.54, 1.807) is 17.1 Å². The monoisotopic (exact) mass is 452 g/mol. The quantitative estimate of drug-likeness (QED) is 0.403. The standard InChI is InChI=1S/C25H24N8O/c1-2-32-22(19-8-11-26-12-9-19)27-21-23(31-14-16-34-17-15-31)28-25(29-24(21)32)33-13-10-20(30-33)18-6-4-3-5-7-18/h3-13H,2,14-17H2,1H3. The van der Waals surface area contributed by atoms with Gasteiger partial charge in [-0.05, 0) is 25.1 Å². The predicted molar refractivity (Wildman–Crippen MR) is 130 cm³/mol. The summed E-state index contributed by atoms with van der Waals surface area (Å²) in [7, 11) is 0. The molecule has 170 valence electrons. The van der Waals surface area contributed by atoms with E-state index >= 15 is 0 Å². The summed E-state index contributed by atoms with van der Waals surface area (Å²) in [5.41, 5.74) is 4.50. The second-order valence-corrected chi connectivity index (χ2v) is 8.05. The lowest BCUT2D eigenvalue weighted by Crippen LogP contribution is -2.37. The number of imidazole rings is 1. The predicted octanol–water partition coefficient (Wildman–Crippen LogP) is 3.60. The number of aryl methyl sites for hydroxylation is 1. The molecule has 34 heavy (non-hydrogen) atoms. The highest BCUT2D eigenvalue weighted by Gasteiger charge is 2.24. The SMILES string of the molecule is CCn1c(-c2ccncc2)nc2c(N3CCOCC3)nc(-n3ccc(-c4ccccc4)n3)nc21. The summed E-state index contributed by atoms with van der Waals surface area (Å²) in [6.07, 6.45) is 5.47. The number of benzene rings is 1. The minimum atomic E-state index is 0.520. The molecule has 6 rings (SSSR count). The van der Waals surface area contributed by atoms with Crippen molar-refractivity contribution in [2.24, 2.45) is 0 Å². The van der Waals surface area contributed by atoms with Gasteiger partial charge >= 0.3 is 0 Å². The zero-order valence-corrected chi connectivity index (χ0v) is 18.9. The highest BCUT2D eigenvalue weighted by atomic mass is 16.5. The van der Waals surface area contributed by atoms with Crippen molar-refractivity contribution in [1.82, 2.24) is 34.3 Å². The van der Waals surface area contributed by atoms with Crippen LogP contribution in [0.1, 0.15) is 6.92 Å². The van der Waals surface area contributed by atoms with E-state index in [0.29, 0.717) is 19.2 Å². The van der Waals surface area contributed by atoms with Gasteiger partial charge in [0.25, 0.3) is 5.95 Å². The second-order valence-electron chi connectivity index (χ2n) is 8.05. The van der Waals surface area contributed by atoms with E-state index in [1.807, 2.05) is 54.7 Å². The molecule has 5 heterocycles. The number of nitrogens with zero attached hydrogens (tertiary/aromatic N) is 8. The molecular weight excluding hydrogens is 428 g/mol. The van der Waals surface area contributed by atoms with Crippen molar-refractivity contribution in [1.29, 1.82) is 0 Å². The van der Waals surface area contributed by atoms with Crippen LogP contribution in [-0.4, -0.2) is 60.6 Å². The van der Waals surface area contributed by atoms with Crippen molar-refractivity contribution < 1.29 is 4.74 Å². The number of ether oxygens (including phenoxy) is 1. The number of fused-ring (bicyclic) bond motifs is 1. The van der Waals surface area contributed by atoms with Crippen molar-refractivity contribution in [2.45, 2.75) is 13.5 Å². The number of morpholine rings is 1. The second kappa shape index (κ2) is 8.68. The van der Waals surface area contributed by atoms with Crippen LogP contribution in [-0.2, 0) is 11.3 Å². The minimum absolute atomic E-state index is 0.520.